The van der Waals surface area contributed by atoms with Crippen molar-refractivity contribution < 1.29 is 4.79 Å². The SMILES string of the molecule is CC(=O)N1CCc2nnc(I)n2C1. The van der Waals surface area contributed by atoms with Gasteiger partial charge < -0.3 is 4.90 Å². The van der Waals surface area contributed by atoms with E-state index in [2.05, 4.69) is 32.8 Å². The molecule has 0 saturated heterocycles. The second kappa shape index (κ2) is 3.24. The second-order valence-corrected chi connectivity index (χ2v) is 3.95. The molecule has 6 heteroatoms. The number of fused-ring (bicyclic) bond motifs is 1. The van der Waals surface area contributed by atoms with Gasteiger partial charge in [-0.15, -0.1) is 10.2 Å². The summed E-state index contributed by atoms with van der Waals surface area (Å²) in [5, 5.41) is 7.97. The normalized spacial score (nSPS) is 15.7. The van der Waals surface area contributed by atoms with E-state index < -0.39 is 0 Å². The van der Waals surface area contributed by atoms with Gasteiger partial charge in [-0.2, -0.15) is 0 Å². The van der Waals surface area contributed by atoms with E-state index >= 15 is 0 Å². The summed E-state index contributed by atoms with van der Waals surface area (Å²) < 4.78 is 2.81. The number of carbonyl (C=O) groups is 1. The minimum atomic E-state index is 0.107. The fraction of sp³-hybridized carbons (Fsp3) is 0.571. The average molecular weight is 292 g/mol. The highest BCUT2D eigenvalue weighted by atomic mass is 127. The summed E-state index contributed by atoms with van der Waals surface area (Å²) in [5.41, 5.74) is 0. The van der Waals surface area contributed by atoms with Crippen LogP contribution in [0.15, 0.2) is 0 Å². The Labute approximate surface area is 89.3 Å². The van der Waals surface area contributed by atoms with Crippen LogP contribution in [0, 0.1) is 3.83 Å². The molecule has 13 heavy (non-hydrogen) atoms. The van der Waals surface area contributed by atoms with Crippen LogP contribution in [-0.4, -0.2) is 32.1 Å². The van der Waals surface area contributed by atoms with Crippen LogP contribution >= 0.6 is 22.6 Å². The van der Waals surface area contributed by atoms with Gasteiger partial charge in [0.05, 0.1) is 0 Å². The summed E-state index contributed by atoms with van der Waals surface area (Å²) in [4.78, 5) is 12.9. The minimum Gasteiger partial charge on any atom is -0.324 e. The maximum atomic E-state index is 11.1. The second-order valence-electron chi connectivity index (χ2n) is 2.99. The zero-order valence-electron chi connectivity index (χ0n) is 7.20. The third-order valence-electron chi connectivity index (χ3n) is 2.15. The lowest BCUT2D eigenvalue weighted by Crippen LogP contribution is -2.38. The largest absolute Gasteiger partial charge is 0.324 e. The lowest BCUT2D eigenvalue weighted by molar-refractivity contribution is -0.131. The van der Waals surface area contributed by atoms with E-state index in [0.717, 1.165) is 22.6 Å². The number of aromatic nitrogens is 3. The molecule has 2 rings (SSSR count). The molecule has 0 atom stereocenters. The predicted octanol–water partition coefficient (Wildman–Crippen LogP) is 0.245. The van der Waals surface area contributed by atoms with Crippen LogP contribution in [0.5, 0.6) is 0 Å². The van der Waals surface area contributed by atoms with Crippen LogP contribution in [-0.2, 0) is 17.9 Å². The summed E-state index contributed by atoms with van der Waals surface area (Å²) in [6, 6.07) is 0. The molecule has 0 saturated carbocycles. The standard InChI is InChI=1S/C7H9IN4O/c1-5(13)11-3-2-6-9-10-7(8)12(6)4-11/h2-4H2,1H3. The summed E-state index contributed by atoms with van der Waals surface area (Å²) in [7, 11) is 0. The summed E-state index contributed by atoms with van der Waals surface area (Å²) in [6.07, 6.45) is 0.801. The molecule has 0 bridgehead atoms. The highest BCUT2D eigenvalue weighted by Crippen LogP contribution is 2.13. The first kappa shape index (κ1) is 8.92. The maximum absolute atomic E-state index is 11.1. The molecule has 1 aromatic rings. The third-order valence-corrected chi connectivity index (χ3v) is 2.94. The predicted molar refractivity (Wildman–Crippen MR) is 53.8 cm³/mol. The zero-order valence-corrected chi connectivity index (χ0v) is 9.35. The van der Waals surface area contributed by atoms with Crippen molar-refractivity contribution in [2.45, 2.75) is 20.0 Å². The topological polar surface area (TPSA) is 51.0 Å². The Bertz CT molecular complexity index is 348. The van der Waals surface area contributed by atoms with E-state index in [4.69, 9.17) is 0 Å². The Morgan fingerprint density at radius 2 is 2.31 bits per heavy atom. The molecule has 1 aliphatic heterocycles. The van der Waals surface area contributed by atoms with Crippen molar-refractivity contribution in [3.63, 3.8) is 0 Å². The van der Waals surface area contributed by atoms with E-state index in [1.54, 1.807) is 11.8 Å². The number of nitrogens with zero attached hydrogens (tertiary/aromatic N) is 4. The van der Waals surface area contributed by atoms with Crippen molar-refractivity contribution in [3.05, 3.63) is 9.66 Å². The van der Waals surface area contributed by atoms with E-state index in [-0.39, 0.29) is 5.91 Å². The highest BCUT2D eigenvalue weighted by molar-refractivity contribution is 14.1. The van der Waals surface area contributed by atoms with E-state index in [0.29, 0.717) is 6.67 Å². The van der Waals surface area contributed by atoms with Crippen molar-refractivity contribution in [3.8, 4) is 0 Å². The molecular formula is C7H9IN4O. The number of halogens is 1. The Morgan fingerprint density at radius 3 is 3.00 bits per heavy atom. The number of hydrogen-bond acceptors (Lipinski definition) is 3. The molecule has 5 nitrogen and oxygen atoms in total. The monoisotopic (exact) mass is 292 g/mol. The Hall–Kier alpha value is -0.660. The van der Waals surface area contributed by atoms with Gasteiger partial charge in [0, 0.05) is 42.5 Å². The van der Waals surface area contributed by atoms with E-state index in [1.165, 1.54) is 0 Å². The Balaban J connectivity index is 2.27. The maximum Gasteiger partial charge on any atom is 0.220 e. The Morgan fingerprint density at radius 1 is 1.54 bits per heavy atom. The van der Waals surface area contributed by atoms with Gasteiger partial charge in [-0.25, -0.2) is 0 Å². The van der Waals surface area contributed by atoms with Crippen LogP contribution in [0.2, 0.25) is 0 Å². The lowest BCUT2D eigenvalue weighted by atomic mass is 10.3. The van der Waals surface area contributed by atoms with Crippen molar-refractivity contribution in [2.75, 3.05) is 6.54 Å². The highest BCUT2D eigenvalue weighted by Gasteiger charge is 2.20. The smallest absolute Gasteiger partial charge is 0.220 e. The molecule has 1 aromatic heterocycles. The van der Waals surface area contributed by atoms with Crippen LogP contribution < -0.4 is 0 Å². The molecule has 0 fully saturated rings. The molecular weight excluding hydrogens is 283 g/mol. The van der Waals surface area contributed by atoms with Gasteiger partial charge in [0.15, 0.2) is 3.83 Å². The molecule has 1 aliphatic rings. The van der Waals surface area contributed by atoms with Gasteiger partial charge in [-0.3, -0.25) is 9.36 Å². The lowest BCUT2D eigenvalue weighted by Gasteiger charge is -2.26. The molecule has 2 heterocycles. The molecule has 0 spiro atoms. The van der Waals surface area contributed by atoms with Crippen LogP contribution in [0.1, 0.15) is 12.7 Å². The average Bonchev–Trinajstić information content (AvgIpc) is 2.47. The Kier molecular flexibility index (Phi) is 2.22. The van der Waals surface area contributed by atoms with E-state index in [9.17, 15) is 4.79 Å². The fourth-order valence-corrected chi connectivity index (χ4v) is 1.91. The first-order valence-corrected chi connectivity index (χ1v) is 5.09. The van der Waals surface area contributed by atoms with Gasteiger partial charge in [0.25, 0.3) is 0 Å². The van der Waals surface area contributed by atoms with Crippen molar-refractivity contribution in [1.29, 1.82) is 0 Å². The molecule has 0 unspecified atom stereocenters. The van der Waals surface area contributed by atoms with Gasteiger partial charge in [0.2, 0.25) is 5.91 Å². The van der Waals surface area contributed by atoms with Gasteiger partial charge in [-0.1, -0.05) is 0 Å². The number of amides is 1. The van der Waals surface area contributed by atoms with Gasteiger partial charge in [-0.05, 0) is 0 Å². The van der Waals surface area contributed by atoms with Crippen molar-refractivity contribution in [2.24, 2.45) is 0 Å². The molecule has 1 amide bonds. The quantitative estimate of drug-likeness (QED) is 0.644. The fourth-order valence-electron chi connectivity index (χ4n) is 1.37. The molecule has 0 N–H and O–H groups in total. The van der Waals surface area contributed by atoms with Gasteiger partial charge in [0.1, 0.15) is 12.5 Å². The zero-order chi connectivity index (χ0) is 9.42. The van der Waals surface area contributed by atoms with Crippen LogP contribution in [0.25, 0.3) is 0 Å². The number of hydrogen-bond donors (Lipinski definition) is 0. The van der Waals surface area contributed by atoms with Crippen molar-refractivity contribution in [1.82, 2.24) is 19.7 Å². The van der Waals surface area contributed by atoms with Crippen LogP contribution in [0.4, 0.5) is 0 Å². The molecule has 0 aromatic carbocycles. The van der Waals surface area contributed by atoms with Crippen molar-refractivity contribution >= 4 is 28.5 Å². The van der Waals surface area contributed by atoms with E-state index in [1.807, 2.05) is 4.57 Å². The molecule has 70 valence electrons. The number of carbonyl (C=O) groups excluding carboxylic acids is 1. The third kappa shape index (κ3) is 1.54. The summed E-state index contributed by atoms with van der Waals surface area (Å²) >= 11 is 2.12. The molecule has 0 radical (unpaired) electrons. The van der Waals surface area contributed by atoms with Crippen LogP contribution in [0.3, 0.4) is 0 Å². The summed E-state index contributed by atoms with van der Waals surface area (Å²) in [5.74, 6) is 1.08. The first-order valence-electron chi connectivity index (χ1n) is 4.01. The van der Waals surface area contributed by atoms with Gasteiger partial charge >= 0.3 is 0 Å². The first-order chi connectivity index (χ1) is 6.18. The minimum absolute atomic E-state index is 0.107. The summed E-state index contributed by atoms with van der Waals surface area (Å²) in [6.45, 7) is 2.93. The number of rotatable bonds is 0. The molecule has 0 aliphatic carbocycles.